The molecule has 0 radical (unpaired) electrons. The largest absolute Gasteiger partial charge is 0.448 e. The lowest BCUT2D eigenvalue weighted by atomic mass is 10.1. The van der Waals surface area contributed by atoms with Gasteiger partial charge in [0, 0.05) is 38.3 Å². The highest BCUT2D eigenvalue weighted by Crippen LogP contribution is 2.21. The molecule has 22 heavy (non-hydrogen) atoms. The summed E-state index contributed by atoms with van der Waals surface area (Å²) in [4.78, 5) is 21.0. The number of nitrogens with zero attached hydrogens (tertiary/aromatic N) is 3. The van der Waals surface area contributed by atoms with Crippen molar-refractivity contribution in [1.29, 1.82) is 0 Å². The van der Waals surface area contributed by atoms with Crippen LogP contribution in [0.2, 0.25) is 0 Å². The number of aryl methyl sites for hydroxylation is 1. The number of benzene rings is 1. The van der Waals surface area contributed by atoms with E-state index in [4.69, 9.17) is 4.42 Å². The molecule has 1 fully saturated rings. The van der Waals surface area contributed by atoms with Gasteiger partial charge in [0.25, 0.3) is 5.91 Å². The first kappa shape index (κ1) is 14.6. The van der Waals surface area contributed by atoms with E-state index in [2.05, 4.69) is 28.9 Å². The molecule has 1 aliphatic rings. The van der Waals surface area contributed by atoms with E-state index in [0.717, 1.165) is 19.5 Å². The molecule has 1 unspecified atom stereocenters. The Labute approximate surface area is 130 Å². The van der Waals surface area contributed by atoms with Crippen LogP contribution in [0.4, 0.5) is 5.69 Å². The van der Waals surface area contributed by atoms with Crippen molar-refractivity contribution in [1.82, 2.24) is 9.88 Å². The molecule has 1 aromatic heterocycles. The van der Waals surface area contributed by atoms with Crippen molar-refractivity contribution < 1.29 is 9.21 Å². The van der Waals surface area contributed by atoms with Gasteiger partial charge < -0.3 is 14.2 Å². The first-order valence-electron chi connectivity index (χ1n) is 7.72. The van der Waals surface area contributed by atoms with Crippen molar-refractivity contribution in [2.24, 2.45) is 0 Å². The normalized spacial score (nSPS) is 18.5. The number of anilines is 1. The van der Waals surface area contributed by atoms with E-state index < -0.39 is 0 Å². The van der Waals surface area contributed by atoms with Gasteiger partial charge in [0.1, 0.15) is 6.26 Å². The Balaban J connectivity index is 1.74. The summed E-state index contributed by atoms with van der Waals surface area (Å²) in [7, 11) is 0. The predicted octanol–water partition coefficient (Wildman–Crippen LogP) is 2.72. The summed E-state index contributed by atoms with van der Waals surface area (Å²) < 4.78 is 5.17. The van der Waals surface area contributed by atoms with Gasteiger partial charge in [0.05, 0.1) is 0 Å². The number of carbonyl (C=O) groups is 1. The van der Waals surface area contributed by atoms with E-state index in [1.807, 2.05) is 23.1 Å². The molecule has 1 aromatic carbocycles. The van der Waals surface area contributed by atoms with Crippen LogP contribution in [0.3, 0.4) is 0 Å². The number of amides is 1. The van der Waals surface area contributed by atoms with Crippen molar-refractivity contribution in [2.45, 2.75) is 26.3 Å². The van der Waals surface area contributed by atoms with Crippen LogP contribution in [0.5, 0.6) is 0 Å². The predicted molar refractivity (Wildman–Crippen MR) is 85.0 cm³/mol. The van der Waals surface area contributed by atoms with Crippen molar-refractivity contribution in [3.63, 3.8) is 0 Å². The van der Waals surface area contributed by atoms with Crippen LogP contribution in [0, 0.1) is 6.92 Å². The molecule has 0 N–H and O–H groups in total. The minimum atomic E-state index is -0.0311. The molecule has 1 atom stereocenters. The molecule has 1 saturated heterocycles. The van der Waals surface area contributed by atoms with Crippen LogP contribution in [0.1, 0.15) is 29.7 Å². The van der Waals surface area contributed by atoms with Crippen molar-refractivity contribution in [2.75, 3.05) is 24.5 Å². The molecule has 0 aliphatic carbocycles. The number of aromatic nitrogens is 1. The zero-order chi connectivity index (χ0) is 15.5. The summed E-state index contributed by atoms with van der Waals surface area (Å²) in [6.45, 7) is 6.26. The summed E-state index contributed by atoms with van der Waals surface area (Å²) in [6.07, 6.45) is 2.37. The first-order chi connectivity index (χ1) is 10.7. The van der Waals surface area contributed by atoms with Crippen LogP contribution in [-0.2, 0) is 0 Å². The first-order valence-corrected chi connectivity index (χ1v) is 7.72. The van der Waals surface area contributed by atoms with Gasteiger partial charge in [0.2, 0.25) is 0 Å². The summed E-state index contributed by atoms with van der Waals surface area (Å²) in [6, 6.07) is 10.5. The van der Waals surface area contributed by atoms with E-state index >= 15 is 0 Å². The highest BCUT2D eigenvalue weighted by Gasteiger charge is 2.31. The molecule has 5 heteroatoms. The molecule has 1 aliphatic heterocycles. The van der Waals surface area contributed by atoms with Gasteiger partial charge in [-0.1, -0.05) is 25.1 Å². The lowest BCUT2D eigenvalue weighted by Gasteiger charge is -2.42. The molecule has 0 bridgehead atoms. The van der Waals surface area contributed by atoms with E-state index in [1.54, 1.807) is 6.92 Å². The lowest BCUT2D eigenvalue weighted by molar-refractivity contribution is 0.0645. The molecule has 5 nitrogen and oxygen atoms in total. The number of carbonyl (C=O) groups excluding carboxylic acids is 1. The van der Waals surface area contributed by atoms with Crippen LogP contribution in [0.15, 0.2) is 41.0 Å². The molecule has 1 amide bonds. The maximum absolute atomic E-state index is 12.6. The minimum Gasteiger partial charge on any atom is -0.448 e. The Morgan fingerprint density at radius 1 is 1.32 bits per heavy atom. The van der Waals surface area contributed by atoms with Crippen molar-refractivity contribution >= 4 is 11.6 Å². The molecule has 2 aromatic rings. The standard InChI is InChI=1S/C17H21N3O2/c1-3-14-11-19(15-7-5-4-6-8-15)9-10-20(14)17(21)16-12-22-13(2)18-16/h4-8,12,14H,3,9-11H2,1-2H3. The summed E-state index contributed by atoms with van der Waals surface area (Å²) >= 11 is 0. The van der Waals surface area contributed by atoms with Gasteiger partial charge in [0.15, 0.2) is 11.6 Å². The number of hydrogen-bond donors (Lipinski definition) is 0. The highest BCUT2D eigenvalue weighted by atomic mass is 16.3. The van der Waals surface area contributed by atoms with Crippen LogP contribution in [-0.4, -0.2) is 41.5 Å². The monoisotopic (exact) mass is 299 g/mol. The van der Waals surface area contributed by atoms with Crippen molar-refractivity contribution in [3.05, 3.63) is 48.2 Å². The Morgan fingerprint density at radius 3 is 2.73 bits per heavy atom. The van der Waals surface area contributed by atoms with E-state index in [9.17, 15) is 4.79 Å². The fourth-order valence-electron chi connectivity index (χ4n) is 2.95. The second kappa shape index (κ2) is 6.22. The van der Waals surface area contributed by atoms with E-state index in [0.29, 0.717) is 18.1 Å². The summed E-state index contributed by atoms with van der Waals surface area (Å²) in [5.74, 6) is 0.496. The molecular weight excluding hydrogens is 278 g/mol. The Kier molecular flexibility index (Phi) is 4.13. The topological polar surface area (TPSA) is 49.6 Å². The number of para-hydroxylation sites is 1. The van der Waals surface area contributed by atoms with Crippen LogP contribution in [0.25, 0.3) is 0 Å². The lowest BCUT2D eigenvalue weighted by Crippen LogP contribution is -2.55. The maximum Gasteiger partial charge on any atom is 0.276 e. The second-order valence-corrected chi connectivity index (χ2v) is 5.59. The average molecular weight is 299 g/mol. The quantitative estimate of drug-likeness (QED) is 0.874. The van der Waals surface area contributed by atoms with Gasteiger partial charge in [-0.2, -0.15) is 0 Å². The number of hydrogen-bond acceptors (Lipinski definition) is 4. The van der Waals surface area contributed by atoms with Gasteiger partial charge in [-0.15, -0.1) is 0 Å². The zero-order valence-electron chi connectivity index (χ0n) is 13.0. The fourth-order valence-corrected chi connectivity index (χ4v) is 2.95. The van der Waals surface area contributed by atoms with Crippen LogP contribution >= 0.6 is 0 Å². The van der Waals surface area contributed by atoms with Gasteiger partial charge in [-0.05, 0) is 18.6 Å². The van der Waals surface area contributed by atoms with E-state index in [1.165, 1.54) is 12.0 Å². The van der Waals surface area contributed by atoms with Crippen molar-refractivity contribution in [3.8, 4) is 0 Å². The van der Waals surface area contributed by atoms with Gasteiger partial charge >= 0.3 is 0 Å². The third kappa shape index (κ3) is 2.84. The molecule has 3 rings (SSSR count). The Morgan fingerprint density at radius 2 is 2.09 bits per heavy atom. The Hall–Kier alpha value is -2.30. The molecule has 0 spiro atoms. The number of rotatable bonds is 3. The second-order valence-electron chi connectivity index (χ2n) is 5.59. The van der Waals surface area contributed by atoms with Gasteiger partial charge in [-0.3, -0.25) is 4.79 Å². The fraction of sp³-hybridized carbons (Fsp3) is 0.412. The molecule has 0 saturated carbocycles. The smallest absolute Gasteiger partial charge is 0.276 e. The Bertz CT molecular complexity index is 638. The van der Waals surface area contributed by atoms with Gasteiger partial charge in [-0.25, -0.2) is 4.98 Å². The van der Waals surface area contributed by atoms with E-state index in [-0.39, 0.29) is 11.9 Å². The SMILES string of the molecule is CCC1CN(c2ccccc2)CCN1C(=O)c1coc(C)n1. The average Bonchev–Trinajstić information content (AvgIpc) is 3.01. The summed E-state index contributed by atoms with van der Waals surface area (Å²) in [5.41, 5.74) is 1.62. The number of piperazine rings is 1. The third-order valence-corrected chi connectivity index (χ3v) is 4.17. The third-order valence-electron chi connectivity index (χ3n) is 4.17. The molecule has 2 heterocycles. The highest BCUT2D eigenvalue weighted by molar-refractivity contribution is 5.92. The maximum atomic E-state index is 12.6. The molecule has 116 valence electrons. The number of oxazole rings is 1. The summed E-state index contributed by atoms with van der Waals surface area (Å²) in [5, 5.41) is 0. The van der Waals surface area contributed by atoms with Crippen LogP contribution < -0.4 is 4.90 Å². The zero-order valence-corrected chi connectivity index (χ0v) is 13.0. The minimum absolute atomic E-state index is 0.0311. The molecular formula is C17H21N3O2.